The summed E-state index contributed by atoms with van der Waals surface area (Å²) in [6.45, 7) is 1.94. The molecule has 2 heterocycles. The Balaban J connectivity index is 1.44. The number of rotatable bonds is 10. The average Bonchev–Trinajstić information content (AvgIpc) is 3.54. The lowest BCUT2D eigenvalue weighted by Gasteiger charge is -2.30. The number of amides is 2. The Kier molecular flexibility index (Phi) is 9.43. The molecule has 1 fully saturated rings. The maximum Gasteiger partial charge on any atom is 0.264 e. The Labute approximate surface area is 253 Å². The van der Waals surface area contributed by atoms with E-state index in [9.17, 15) is 18.0 Å². The zero-order valence-corrected chi connectivity index (χ0v) is 24.8. The first kappa shape index (κ1) is 29.6. The van der Waals surface area contributed by atoms with Crippen molar-refractivity contribution in [2.24, 2.45) is 0 Å². The van der Waals surface area contributed by atoms with Crippen LogP contribution in [0.4, 0.5) is 17.1 Å². The highest BCUT2D eigenvalue weighted by Gasteiger charge is 2.27. The molecule has 0 spiro atoms. The van der Waals surface area contributed by atoms with Gasteiger partial charge < -0.3 is 20.3 Å². The summed E-state index contributed by atoms with van der Waals surface area (Å²) < 4.78 is 35.4. The fourth-order valence-corrected chi connectivity index (χ4v) is 6.74. The molecule has 3 N–H and O–H groups in total. The molecule has 1 aromatic heterocycles. The number of para-hydroxylation sites is 1. The van der Waals surface area contributed by atoms with E-state index in [1.54, 1.807) is 53.9 Å². The quantitative estimate of drug-likeness (QED) is 0.228. The van der Waals surface area contributed by atoms with Crippen LogP contribution >= 0.6 is 22.9 Å². The van der Waals surface area contributed by atoms with E-state index in [1.807, 2.05) is 35.2 Å². The predicted octanol–water partition coefficient (Wildman–Crippen LogP) is 5.02. The van der Waals surface area contributed by atoms with Crippen molar-refractivity contribution in [1.29, 1.82) is 0 Å². The van der Waals surface area contributed by atoms with Crippen LogP contribution in [0.3, 0.4) is 0 Å². The van der Waals surface area contributed by atoms with E-state index in [-0.39, 0.29) is 33.6 Å². The second-order valence-electron chi connectivity index (χ2n) is 9.55. The first-order valence-corrected chi connectivity index (χ1v) is 16.0. The van der Waals surface area contributed by atoms with Crippen LogP contribution in [0.5, 0.6) is 0 Å². The third kappa shape index (κ3) is 7.29. The van der Waals surface area contributed by atoms with E-state index >= 15 is 0 Å². The fourth-order valence-electron chi connectivity index (χ4n) is 4.54. The maximum absolute atomic E-state index is 13.7. The number of carbonyl (C=O) groups is 2. The number of thiophene rings is 1. The molecule has 1 aliphatic rings. The van der Waals surface area contributed by atoms with Gasteiger partial charge in [-0.05, 0) is 47.3 Å². The molecule has 12 heteroatoms. The third-order valence-corrected chi connectivity index (χ3v) is 9.23. The number of nitrogens with zero attached hydrogens (tertiary/aromatic N) is 1. The van der Waals surface area contributed by atoms with Crippen LogP contribution in [-0.2, 0) is 26.0 Å². The largest absolute Gasteiger partial charge is 0.378 e. The summed E-state index contributed by atoms with van der Waals surface area (Å²) in [5.41, 5.74) is 1.84. The zero-order valence-electron chi connectivity index (χ0n) is 22.5. The monoisotopic (exact) mass is 624 g/mol. The zero-order chi connectivity index (χ0) is 29.5. The molecule has 0 unspecified atom stereocenters. The third-order valence-electron chi connectivity index (χ3n) is 6.64. The van der Waals surface area contributed by atoms with E-state index in [1.165, 1.54) is 17.4 Å². The molecule has 3 aromatic carbocycles. The van der Waals surface area contributed by atoms with Gasteiger partial charge in [-0.15, -0.1) is 11.3 Å². The van der Waals surface area contributed by atoms with Gasteiger partial charge in [-0.25, -0.2) is 8.42 Å². The second-order valence-corrected chi connectivity index (χ2v) is 12.6. The van der Waals surface area contributed by atoms with Crippen LogP contribution < -0.4 is 20.3 Å². The van der Waals surface area contributed by atoms with Gasteiger partial charge in [-0.3, -0.25) is 14.3 Å². The Morgan fingerprint density at radius 3 is 2.40 bits per heavy atom. The topological polar surface area (TPSA) is 117 Å². The first-order valence-electron chi connectivity index (χ1n) is 13.2. The lowest BCUT2D eigenvalue weighted by Crippen LogP contribution is -2.45. The molecule has 5 rings (SSSR count). The molecule has 9 nitrogen and oxygen atoms in total. The molecule has 1 atom stereocenters. The smallest absolute Gasteiger partial charge is 0.264 e. The number of morpholine rings is 1. The minimum atomic E-state index is -4.13. The van der Waals surface area contributed by atoms with Crippen molar-refractivity contribution in [3.8, 4) is 0 Å². The number of ether oxygens (including phenoxy) is 1. The number of anilines is 3. The number of hydrogen-bond donors (Lipinski definition) is 3. The van der Waals surface area contributed by atoms with Gasteiger partial charge in [0.2, 0.25) is 5.91 Å². The van der Waals surface area contributed by atoms with Crippen molar-refractivity contribution < 1.29 is 22.7 Å². The number of benzene rings is 3. The van der Waals surface area contributed by atoms with Crippen molar-refractivity contribution in [3.05, 3.63) is 106 Å². The van der Waals surface area contributed by atoms with Gasteiger partial charge in [-0.2, -0.15) is 0 Å². The summed E-state index contributed by atoms with van der Waals surface area (Å²) in [7, 11) is -4.13. The van der Waals surface area contributed by atoms with Gasteiger partial charge in [0.15, 0.2) is 0 Å². The molecule has 1 saturated heterocycles. The Morgan fingerprint density at radius 1 is 0.952 bits per heavy atom. The van der Waals surface area contributed by atoms with Gasteiger partial charge in [0.25, 0.3) is 15.9 Å². The SMILES string of the molecule is O=C(N[C@H](Cc1ccccc1)C(=O)Nc1ccc(N2CCOCC2)c(S(=O)(=O)Nc2ccccc2Cl)c1)c1cccs1. The number of nitrogens with one attached hydrogen (secondary N) is 3. The van der Waals surface area contributed by atoms with E-state index < -0.39 is 22.0 Å². The van der Waals surface area contributed by atoms with Crippen LogP contribution in [0.2, 0.25) is 5.02 Å². The molecule has 0 radical (unpaired) electrons. The first-order chi connectivity index (χ1) is 20.3. The molecular formula is C30H29ClN4O5S2. The van der Waals surface area contributed by atoms with E-state index in [0.29, 0.717) is 36.9 Å². The van der Waals surface area contributed by atoms with Crippen LogP contribution in [0.25, 0.3) is 0 Å². The normalized spacial score (nSPS) is 14.2. The molecule has 0 aliphatic carbocycles. The standard InChI is InChI=1S/C30H29ClN4O5S2/c31-23-9-4-5-10-24(23)34-42(38,39)28-20-22(12-13-26(28)35-14-16-40-17-15-35)32-29(36)25(19-21-7-2-1-3-8-21)33-30(37)27-11-6-18-41-27/h1-13,18,20,25,34H,14-17,19H2,(H,32,36)(H,33,37)/t25-/m1/s1. The summed E-state index contributed by atoms with van der Waals surface area (Å²) in [4.78, 5) is 28.8. The van der Waals surface area contributed by atoms with Gasteiger partial charge >= 0.3 is 0 Å². The molecular weight excluding hydrogens is 596 g/mol. The molecule has 0 saturated carbocycles. The summed E-state index contributed by atoms with van der Waals surface area (Å²) >= 11 is 7.52. The number of hydrogen-bond acceptors (Lipinski definition) is 7. The van der Waals surface area contributed by atoms with E-state index in [0.717, 1.165) is 5.56 Å². The number of carbonyl (C=O) groups excluding carboxylic acids is 2. The highest BCUT2D eigenvalue weighted by Crippen LogP contribution is 2.32. The van der Waals surface area contributed by atoms with E-state index in [2.05, 4.69) is 15.4 Å². The van der Waals surface area contributed by atoms with Gasteiger partial charge in [0.1, 0.15) is 10.9 Å². The predicted molar refractivity (Wildman–Crippen MR) is 166 cm³/mol. The maximum atomic E-state index is 13.7. The molecule has 1 aliphatic heterocycles. The van der Waals surface area contributed by atoms with Gasteiger partial charge in [-0.1, -0.05) is 60.1 Å². The van der Waals surface area contributed by atoms with Crippen LogP contribution in [0.15, 0.2) is 95.2 Å². The number of halogens is 1. The van der Waals surface area contributed by atoms with Crippen molar-refractivity contribution in [2.45, 2.75) is 17.4 Å². The summed E-state index contributed by atoms with van der Waals surface area (Å²) in [5, 5.41) is 7.69. The lowest BCUT2D eigenvalue weighted by atomic mass is 10.0. The number of sulfonamides is 1. The molecule has 218 valence electrons. The van der Waals surface area contributed by atoms with E-state index in [4.69, 9.17) is 16.3 Å². The Hall–Kier alpha value is -3.90. The minimum absolute atomic E-state index is 0.0237. The van der Waals surface area contributed by atoms with Crippen LogP contribution in [0.1, 0.15) is 15.2 Å². The highest BCUT2D eigenvalue weighted by atomic mass is 35.5. The van der Waals surface area contributed by atoms with Crippen LogP contribution in [-0.4, -0.2) is 52.6 Å². The lowest BCUT2D eigenvalue weighted by molar-refractivity contribution is -0.118. The summed E-state index contributed by atoms with van der Waals surface area (Å²) in [5.74, 6) is -0.846. The molecule has 4 aromatic rings. The fraction of sp³-hybridized carbons (Fsp3) is 0.200. The summed E-state index contributed by atoms with van der Waals surface area (Å²) in [6, 6.07) is 23.2. The van der Waals surface area contributed by atoms with Crippen molar-refractivity contribution >= 4 is 61.8 Å². The van der Waals surface area contributed by atoms with Gasteiger partial charge in [0.05, 0.1) is 34.5 Å². The second kappa shape index (κ2) is 13.4. The van der Waals surface area contributed by atoms with Gasteiger partial charge in [0, 0.05) is 25.2 Å². The van der Waals surface area contributed by atoms with Crippen LogP contribution in [0, 0.1) is 0 Å². The Morgan fingerprint density at radius 2 is 1.69 bits per heavy atom. The van der Waals surface area contributed by atoms with Crippen molar-refractivity contribution in [2.75, 3.05) is 41.2 Å². The van der Waals surface area contributed by atoms with Crippen molar-refractivity contribution in [3.63, 3.8) is 0 Å². The highest BCUT2D eigenvalue weighted by molar-refractivity contribution is 7.93. The summed E-state index contributed by atoms with van der Waals surface area (Å²) in [6.07, 6.45) is 0.245. The molecule has 2 amide bonds. The molecule has 42 heavy (non-hydrogen) atoms. The average molecular weight is 625 g/mol. The van der Waals surface area contributed by atoms with Crippen molar-refractivity contribution in [1.82, 2.24) is 5.32 Å². The minimum Gasteiger partial charge on any atom is -0.378 e. The molecule has 0 bridgehead atoms. The Bertz CT molecular complexity index is 1640.